The number of rotatable bonds is 6. The van der Waals surface area contributed by atoms with Gasteiger partial charge in [-0.25, -0.2) is 0 Å². The smallest absolute Gasteiger partial charge is 0.0595 e. The molecule has 0 saturated carbocycles. The minimum absolute atomic E-state index is 0.623. The lowest BCUT2D eigenvalue weighted by atomic mass is 10.0. The van der Waals surface area contributed by atoms with E-state index in [9.17, 15) is 0 Å². The average Bonchev–Trinajstić information content (AvgIpc) is 2.44. The summed E-state index contributed by atoms with van der Waals surface area (Å²) in [6.45, 7) is 0. The highest BCUT2D eigenvalue weighted by Gasteiger charge is 2.00. The topological polar surface area (TPSA) is 0 Å². The van der Waals surface area contributed by atoms with Gasteiger partial charge >= 0.3 is 0 Å². The summed E-state index contributed by atoms with van der Waals surface area (Å²) in [6, 6.07) is 14.0. The van der Waals surface area contributed by atoms with Crippen LogP contribution in [0.3, 0.4) is 0 Å². The molecule has 0 bridgehead atoms. The molecule has 0 aliphatic carbocycles. The van der Waals surface area contributed by atoms with E-state index in [1.165, 1.54) is 30.4 Å². The van der Waals surface area contributed by atoms with Gasteiger partial charge in [-0.2, -0.15) is 0 Å². The van der Waals surface area contributed by atoms with E-state index < -0.39 is 0 Å². The summed E-state index contributed by atoms with van der Waals surface area (Å²) in [5.74, 6) is 0. The first-order valence-corrected chi connectivity index (χ1v) is 7.97. The summed E-state index contributed by atoms with van der Waals surface area (Å²) in [5.41, 5.74) is 2.61. The van der Waals surface area contributed by atoms with Crippen LogP contribution < -0.4 is 0 Å². The third-order valence-corrected chi connectivity index (χ3v) is 4.32. The molecule has 0 heterocycles. The van der Waals surface area contributed by atoms with Crippen LogP contribution in [0.15, 0.2) is 42.5 Å². The van der Waals surface area contributed by atoms with Crippen LogP contribution in [0.4, 0.5) is 0 Å². The molecule has 0 nitrogen and oxygen atoms in total. The lowest BCUT2D eigenvalue weighted by Crippen LogP contribution is -1.89. The summed E-state index contributed by atoms with van der Waals surface area (Å²) in [5, 5.41) is 2.07. The largest absolute Gasteiger partial charge is 0.0843 e. The van der Waals surface area contributed by atoms with E-state index in [1.54, 1.807) is 0 Å². The molecule has 0 aromatic heterocycles. The maximum atomic E-state index is 6.00. The Morgan fingerprint density at radius 1 is 0.600 bits per heavy atom. The van der Waals surface area contributed by atoms with Crippen LogP contribution in [0.1, 0.15) is 30.4 Å². The van der Waals surface area contributed by atoms with Crippen molar-refractivity contribution in [2.75, 3.05) is 0 Å². The molecule has 0 spiro atoms. The predicted molar refractivity (Wildman–Crippen MR) is 89.2 cm³/mol. The molecule has 2 aromatic rings. The van der Waals surface area contributed by atoms with E-state index >= 15 is 0 Å². The van der Waals surface area contributed by atoms with Gasteiger partial charge in [-0.05, 0) is 61.1 Å². The number of aryl methyl sites for hydroxylation is 2. The monoisotopic (exact) mass is 326 g/mol. The van der Waals surface area contributed by atoms with Gasteiger partial charge < -0.3 is 0 Å². The molecule has 2 rings (SSSR count). The SMILES string of the molecule is Clc1ccc(CCCCCc2ccc(Cl)c(Cl)c2)cc1. The summed E-state index contributed by atoms with van der Waals surface area (Å²) in [7, 11) is 0. The summed E-state index contributed by atoms with van der Waals surface area (Å²) in [6.07, 6.45) is 5.74. The minimum atomic E-state index is 0.623. The Bertz CT molecular complexity index is 547. The van der Waals surface area contributed by atoms with Gasteiger partial charge in [0.15, 0.2) is 0 Å². The fourth-order valence-electron chi connectivity index (χ4n) is 2.18. The molecule has 20 heavy (non-hydrogen) atoms. The van der Waals surface area contributed by atoms with E-state index in [2.05, 4.69) is 12.1 Å². The Balaban J connectivity index is 1.68. The fraction of sp³-hybridized carbons (Fsp3) is 0.294. The quantitative estimate of drug-likeness (QED) is 0.524. The van der Waals surface area contributed by atoms with Gasteiger partial charge in [-0.3, -0.25) is 0 Å². The first-order chi connectivity index (χ1) is 9.65. The fourth-order valence-corrected chi connectivity index (χ4v) is 2.63. The van der Waals surface area contributed by atoms with Crippen molar-refractivity contribution in [3.05, 3.63) is 68.7 Å². The number of hydrogen-bond acceptors (Lipinski definition) is 0. The van der Waals surface area contributed by atoms with Crippen LogP contribution in [-0.2, 0) is 12.8 Å². The van der Waals surface area contributed by atoms with Crippen LogP contribution in [0.5, 0.6) is 0 Å². The van der Waals surface area contributed by atoms with Gasteiger partial charge in [0, 0.05) is 5.02 Å². The maximum absolute atomic E-state index is 6.00. The van der Waals surface area contributed by atoms with E-state index in [4.69, 9.17) is 34.8 Å². The second kappa shape index (κ2) is 7.93. The van der Waals surface area contributed by atoms with Crippen LogP contribution in [0.2, 0.25) is 15.1 Å². The molecule has 0 radical (unpaired) electrons. The van der Waals surface area contributed by atoms with Crippen molar-refractivity contribution in [1.82, 2.24) is 0 Å². The highest BCUT2D eigenvalue weighted by Crippen LogP contribution is 2.23. The second-order valence-corrected chi connectivity index (χ2v) is 6.19. The molecule has 0 aliphatic rings. The first-order valence-electron chi connectivity index (χ1n) is 6.83. The van der Waals surface area contributed by atoms with Crippen molar-refractivity contribution >= 4 is 34.8 Å². The van der Waals surface area contributed by atoms with E-state index in [-0.39, 0.29) is 0 Å². The lowest BCUT2D eigenvalue weighted by molar-refractivity contribution is 0.678. The van der Waals surface area contributed by atoms with Crippen molar-refractivity contribution in [3.8, 4) is 0 Å². The van der Waals surface area contributed by atoms with E-state index in [1.807, 2.05) is 30.3 Å². The van der Waals surface area contributed by atoms with Crippen molar-refractivity contribution in [2.24, 2.45) is 0 Å². The molecule has 0 atom stereocenters. The standard InChI is InChI=1S/C17H17Cl3/c18-15-9-6-13(7-10-15)4-2-1-3-5-14-8-11-16(19)17(20)12-14/h6-12H,1-5H2. The van der Waals surface area contributed by atoms with E-state index in [0.717, 1.165) is 17.9 Å². The maximum Gasteiger partial charge on any atom is 0.0595 e. The minimum Gasteiger partial charge on any atom is -0.0843 e. The second-order valence-electron chi connectivity index (χ2n) is 4.94. The molecule has 0 unspecified atom stereocenters. The first kappa shape index (κ1) is 15.7. The van der Waals surface area contributed by atoms with Crippen LogP contribution in [0.25, 0.3) is 0 Å². The summed E-state index contributed by atoms with van der Waals surface area (Å²) >= 11 is 17.8. The zero-order valence-corrected chi connectivity index (χ0v) is 13.5. The summed E-state index contributed by atoms with van der Waals surface area (Å²) in [4.78, 5) is 0. The molecule has 3 heteroatoms. The van der Waals surface area contributed by atoms with Crippen LogP contribution >= 0.6 is 34.8 Å². The normalized spacial score (nSPS) is 10.8. The van der Waals surface area contributed by atoms with Gasteiger partial charge in [0.1, 0.15) is 0 Å². The third kappa shape index (κ3) is 5.01. The number of hydrogen-bond donors (Lipinski definition) is 0. The molecule has 0 amide bonds. The van der Waals surface area contributed by atoms with Crippen molar-refractivity contribution < 1.29 is 0 Å². The Morgan fingerprint density at radius 3 is 1.85 bits per heavy atom. The molecule has 0 aliphatic heterocycles. The van der Waals surface area contributed by atoms with E-state index in [0.29, 0.717) is 10.0 Å². The number of unbranched alkanes of at least 4 members (excludes halogenated alkanes) is 2. The molecule has 106 valence electrons. The summed E-state index contributed by atoms with van der Waals surface area (Å²) < 4.78 is 0. The van der Waals surface area contributed by atoms with Crippen LogP contribution in [-0.4, -0.2) is 0 Å². The van der Waals surface area contributed by atoms with Crippen molar-refractivity contribution in [1.29, 1.82) is 0 Å². The average molecular weight is 328 g/mol. The highest BCUT2D eigenvalue weighted by molar-refractivity contribution is 6.42. The van der Waals surface area contributed by atoms with Gasteiger partial charge in [0.05, 0.1) is 10.0 Å². The Kier molecular flexibility index (Phi) is 6.22. The van der Waals surface area contributed by atoms with Gasteiger partial charge in [0.25, 0.3) is 0 Å². The molecular formula is C17H17Cl3. The molecule has 0 fully saturated rings. The molecule has 0 saturated heterocycles. The zero-order chi connectivity index (χ0) is 14.4. The van der Waals surface area contributed by atoms with Gasteiger partial charge in [0.2, 0.25) is 0 Å². The van der Waals surface area contributed by atoms with Crippen molar-refractivity contribution in [2.45, 2.75) is 32.1 Å². The Labute approximate surface area is 135 Å². The molecular weight excluding hydrogens is 311 g/mol. The van der Waals surface area contributed by atoms with Crippen molar-refractivity contribution in [3.63, 3.8) is 0 Å². The number of halogens is 3. The lowest BCUT2D eigenvalue weighted by Gasteiger charge is -2.04. The molecule has 2 aromatic carbocycles. The zero-order valence-electron chi connectivity index (χ0n) is 11.2. The Morgan fingerprint density at radius 2 is 1.20 bits per heavy atom. The third-order valence-electron chi connectivity index (χ3n) is 3.33. The molecule has 0 N–H and O–H groups in total. The van der Waals surface area contributed by atoms with Gasteiger partial charge in [-0.15, -0.1) is 0 Å². The highest BCUT2D eigenvalue weighted by atomic mass is 35.5. The Hall–Kier alpha value is -0.690. The predicted octanol–water partition coefficient (Wildman–Crippen LogP) is 6.60. The van der Waals surface area contributed by atoms with Gasteiger partial charge in [-0.1, -0.05) is 59.4 Å². The van der Waals surface area contributed by atoms with Crippen LogP contribution in [0, 0.1) is 0 Å². The number of benzene rings is 2.